The average Bonchev–Trinajstić information content (AvgIpc) is 3.52. The van der Waals surface area contributed by atoms with Crippen molar-refractivity contribution in [1.29, 1.82) is 0 Å². The number of fused-ring (bicyclic) bond motifs is 2. The molecule has 5 saturated heterocycles. The monoisotopic (exact) mass is 666 g/mol. The highest BCUT2D eigenvalue weighted by molar-refractivity contribution is 6.05. The molecule has 6 atom stereocenters. The van der Waals surface area contributed by atoms with Gasteiger partial charge in [0, 0.05) is 65.4 Å². The zero-order chi connectivity index (χ0) is 33.4. The van der Waals surface area contributed by atoms with E-state index in [0.717, 1.165) is 90.1 Å². The number of amides is 6. The summed E-state index contributed by atoms with van der Waals surface area (Å²) in [6.45, 7) is 7.28. The maximum Gasteiger partial charge on any atom is 0.233 e. The second kappa shape index (κ2) is 14.5. The van der Waals surface area contributed by atoms with Gasteiger partial charge in [-0.15, -0.1) is 0 Å². The Bertz CT molecular complexity index is 1140. The van der Waals surface area contributed by atoms with Crippen LogP contribution >= 0.6 is 0 Å². The zero-order valence-corrected chi connectivity index (χ0v) is 28.6. The van der Waals surface area contributed by atoms with Crippen molar-refractivity contribution in [2.75, 3.05) is 78.5 Å². The normalized spacial score (nSPS) is 33.8. The number of rotatable bonds is 8. The number of carbonyl (C=O) groups excluding carboxylic acids is 6. The van der Waals surface area contributed by atoms with Gasteiger partial charge in [-0.25, -0.2) is 0 Å². The first kappa shape index (κ1) is 33.6. The van der Waals surface area contributed by atoms with Crippen molar-refractivity contribution in [3.8, 4) is 0 Å². The van der Waals surface area contributed by atoms with Crippen LogP contribution in [0.5, 0.6) is 0 Å². The van der Waals surface area contributed by atoms with E-state index < -0.39 is 0 Å². The van der Waals surface area contributed by atoms with E-state index in [1.54, 1.807) is 0 Å². The molecule has 6 unspecified atom stereocenters. The summed E-state index contributed by atoms with van der Waals surface area (Å²) in [5.74, 6) is -0.324. The standard InChI is InChI=1S/C36H54N6O6/c43-31(25-7-5-13-37(23-25)15-21-41-33(45)27-9-1-2-10-28(27)34(41)46)39-17-19-40(20-18-39)32(44)26-8-6-14-38(24-26)16-22-42-35(47)29-11-3-4-12-30(29)36(42)48/h25-30H,1-24H2. The lowest BCUT2D eigenvalue weighted by Crippen LogP contribution is -2.56. The van der Waals surface area contributed by atoms with Gasteiger partial charge in [0.05, 0.1) is 35.5 Å². The van der Waals surface area contributed by atoms with Gasteiger partial charge in [-0.1, -0.05) is 25.7 Å². The Morgan fingerprint density at radius 3 is 1.10 bits per heavy atom. The van der Waals surface area contributed by atoms with Crippen LogP contribution in [0.3, 0.4) is 0 Å². The van der Waals surface area contributed by atoms with Crippen LogP contribution in [-0.2, 0) is 28.8 Å². The number of carbonyl (C=O) groups is 6. The van der Waals surface area contributed by atoms with Crippen LogP contribution in [0.25, 0.3) is 0 Å². The molecule has 5 heterocycles. The van der Waals surface area contributed by atoms with Crippen LogP contribution in [0.15, 0.2) is 0 Å². The summed E-state index contributed by atoms with van der Waals surface area (Å²) in [4.78, 5) is 90.1. The number of hydrogen-bond acceptors (Lipinski definition) is 8. The van der Waals surface area contributed by atoms with Gasteiger partial charge in [0.25, 0.3) is 0 Å². The van der Waals surface area contributed by atoms with Crippen LogP contribution in [0.1, 0.15) is 77.0 Å². The third-order valence-corrected chi connectivity index (χ3v) is 12.8. The van der Waals surface area contributed by atoms with Crippen molar-refractivity contribution in [2.24, 2.45) is 35.5 Å². The molecule has 2 saturated carbocycles. The van der Waals surface area contributed by atoms with E-state index in [-0.39, 0.29) is 71.0 Å². The fourth-order valence-corrected chi connectivity index (χ4v) is 9.97. The summed E-state index contributed by atoms with van der Waals surface area (Å²) in [5, 5.41) is 0. The Morgan fingerprint density at radius 2 is 0.771 bits per heavy atom. The average molecular weight is 667 g/mol. The molecule has 0 aromatic carbocycles. The molecule has 12 nitrogen and oxygen atoms in total. The number of likely N-dealkylation sites (tertiary alicyclic amines) is 4. The molecular weight excluding hydrogens is 612 g/mol. The molecule has 48 heavy (non-hydrogen) atoms. The predicted octanol–water partition coefficient (Wildman–Crippen LogP) is 1.43. The molecule has 0 spiro atoms. The summed E-state index contributed by atoms with van der Waals surface area (Å²) >= 11 is 0. The first-order valence-electron chi connectivity index (χ1n) is 19.0. The topological polar surface area (TPSA) is 122 Å². The van der Waals surface area contributed by atoms with E-state index in [9.17, 15) is 28.8 Å². The zero-order valence-electron chi connectivity index (χ0n) is 28.6. The quantitative estimate of drug-likeness (QED) is 0.357. The largest absolute Gasteiger partial charge is 0.339 e. The Morgan fingerprint density at radius 1 is 0.438 bits per heavy atom. The molecule has 0 aromatic heterocycles. The SMILES string of the molecule is O=C(C1CCCN(CCN2C(=O)C3CCCCC3C2=O)C1)N1CCN(C(=O)C2CCCN(CCN3C(=O)C4CCCCC4C3=O)C2)CC1. The summed E-state index contributed by atoms with van der Waals surface area (Å²) in [7, 11) is 0. The Labute approximate surface area is 284 Å². The molecule has 7 aliphatic rings. The van der Waals surface area contributed by atoms with E-state index in [1.165, 1.54) is 9.80 Å². The van der Waals surface area contributed by atoms with Gasteiger partial charge in [-0.2, -0.15) is 0 Å². The van der Waals surface area contributed by atoms with Crippen molar-refractivity contribution in [1.82, 2.24) is 29.4 Å². The van der Waals surface area contributed by atoms with Crippen LogP contribution in [0, 0.1) is 35.5 Å². The van der Waals surface area contributed by atoms with Gasteiger partial charge in [0.15, 0.2) is 0 Å². The third kappa shape index (κ3) is 6.67. The minimum atomic E-state index is -0.118. The first-order chi connectivity index (χ1) is 23.3. The number of nitrogens with zero attached hydrogens (tertiary/aromatic N) is 6. The van der Waals surface area contributed by atoms with Crippen LogP contribution in [0.2, 0.25) is 0 Å². The second-order valence-electron chi connectivity index (χ2n) is 15.6. The number of imide groups is 2. The van der Waals surface area contributed by atoms with Crippen molar-refractivity contribution < 1.29 is 28.8 Å². The smallest absolute Gasteiger partial charge is 0.233 e. The molecule has 2 aliphatic carbocycles. The Kier molecular flexibility index (Phi) is 10.2. The van der Waals surface area contributed by atoms with Crippen LogP contribution in [-0.4, -0.2) is 143 Å². The molecule has 12 heteroatoms. The van der Waals surface area contributed by atoms with Crippen LogP contribution in [0.4, 0.5) is 0 Å². The molecule has 7 fully saturated rings. The Balaban J connectivity index is 0.841. The Hall–Kier alpha value is -2.86. The molecule has 264 valence electrons. The summed E-state index contributed by atoms with van der Waals surface area (Å²) in [6, 6.07) is 0. The van der Waals surface area contributed by atoms with Crippen molar-refractivity contribution in [3.63, 3.8) is 0 Å². The van der Waals surface area contributed by atoms with E-state index in [2.05, 4.69) is 9.80 Å². The number of piperazine rings is 1. The first-order valence-corrected chi connectivity index (χ1v) is 19.0. The van der Waals surface area contributed by atoms with E-state index in [4.69, 9.17) is 0 Å². The third-order valence-electron chi connectivity index (χ3n) is 12.8. The number of hydrogen-bond donors (Lipinski definition) is 0. The second-order valence-corrected chi connectivity index (χ2v) is 15.6. The molecule has 5 aliphatic heterocycles. The van der Waals surface area contributed by atoms with Gasteiger partial charge in [-0.3, -0.25) is 38.6 Å². The van der Waals surface area contributed by atoms with Crippen molar-refractivity contribution >= 4 is 35.4 Å². The number of piperidine rings is 2. The molecular formula is C36H54N6O6. The lowest BCUT2D eigenvalue weighted by atomic mass is 9.81. The van der Waals surface area contributed by atoms with Gasteiger partial charge >= 0.3 is 0 Å². The predicted molar refractivity (Wildman–Crippen MR) is 176 cm³/mol. The van der Waals surface area contributed by atoms with Gasteiger partial charge in [0.1, 0.15) is 0 Å². The molecule has 0 N–H and O–H groups in total. The van der Waals surface area contributed by atoms with Crippen molar-refractivity contribution in [3.05, 3.63) is 0 Å². The molecule has 0 radical (unpaired) electrons. The van der Waals surface area contributed by atoms with Crippen LogP contribution < -0.4 is 0 Å². The highest BCUT2D eigenvalue weighted by atomic mass is 16.2. The van der Waals surface area contributed by atoms with Crippen molar-refractivity contribution in [2.45, 2.75) is 77.0 Å². The van der Waals surface area contributed by atoms with E-state index in [0.29, 0.717) is 65.4 Å². The summed E-state index contributed by atoms with van der Waals surface area (Å²) in [6.07, 6.45) is 10.9. The lowest BCUT2D eigenvalue weighted by Gasteiger charge is -2.41. The fourth-order valence-electron chi connectivity index (χ4n) is 9.97. The molecule has 6 amide bonds. The maximum absolute atomic E-state index is 13.6. The fraction of sp³-hybridized carbons (Fsp3) is 0.833. The molecule has 0 bridgehead atoms. The highest BCUT2D eigenvalue weighted by Gasteiger charge is 2.49. The molecule has 7 rings (SSSR count). The lowest BCUT2D eigenvalue weighted by molar-refractivity contribution is -0.146. The summed E-state index contributed by atoms with van der Waals surface area (Å²) in [5.41, 5.74) is 0. The van der Waals surface area contributed by atoms with Gasteiger partial charge in [-0.05, 0) is 64.5 Å². The van der Waals surface area contributed by atoms with E-state index in [1.807, 2.05) is 9.80 Å². The highest BCUT2D eigenvalue weighted by Crippen LogP contribution is 2.39. The minimum absolute atomic E-state index is 0.00925. The summed E-state index contributed by atoms with van der Waals surface area (Å²) < 4.78 is 0. The van der Waals surface area contributed by atoms with Gasteiger partial charge < -0.3 is 19.6 Å². The molecule has 0 aromatic rings. The van der Waals surface area contributed by atoms with E-state index >= 15 is 0 Å². The maximum atomic E-state index is 13.6. The minimum Gasteiger partial charge on any atom is -0.339 e. The van der Waals surface area contributed by atoms with Gasteiger partial charge in [0.2, 0.25) is 35.4 Å².